The summed E-state index contributed by atoms with van der Waals surface area (Å²) in [6.45, 7) is -0.807. The molecule has 0 aromatic carbocycles. The molecule has 0 aliphatic rings. The van der Waals surface area contributed by atoms with E-state index in [4.69, 9.17) is 15.3 Å². The topological polar surface area (TPSA) is 121 Å². The highest BCUT2D eigenvalue weighted by Crippen LogP contribution is 2.05. The summed E-state index contributed by atoms with van der Waals surface area (Å²) in [5.74, 6) is 0. The lowest BCUT2D eigenvalue weighted by Gasteiger charge is -2.20. The lowest BCUT2D eigenvalue weighted by atomic mass is 10.1. The number of rotatable bonds is 6. The van der Waals surface area contributed by atoms with E-state index in [1.54, 1.807) is 0 Å². The molecule has 3 N–H and O–H groups in total. The highest BCUT2D eigenvalue weighted by atomic mass is 32.2. The molecule has 14 heavy (non-hydrogen) atoms. The van der Waals surface area contributed by atoms with Crippen LogP contribution in [0.2, 0.25) is 0 Å². The smallest absolute Gasteiger partial charge is 0.265 e. The van der Waals surface area contributed by atoms with E-state index >= 15 is 0 Å². The fraction of sp³-hybridized carbons (Fsp3) is 0.833. The van der Waals surface area contributed by atoms with Gasteiger partial charge in [-0.2, -0.15) is 8.42 Å². The van der Waals surface area contributed by atoms with Crippen LogP contribution in [0.3, 0.4) is 0 Å². The van der Waals surface area contributed by atoms with Gasteiger partial charge in [0, 0.05) is 0 Å². The van der Waals surface area contributed by atoms with Crippen molar-refractivity contribution in [2.24, 2.45) is 0 Å². The van der Waals surface area contributed by atoms with Gasteiger partial charge in [0.05, 0.1) is 12.9 Å². The van der Waals surface area contributed by atoms with Crippen LogP contribution in [0, 0.1) is 0 Å². The first kappa shape index (κ1) is 13.5. The monoisotopic (exact) mass is 228 g/mol. The second-order valence-corrected chi connectivity index (χ2v) is 4.24. The van der Waals surface area contributed by atoms with E-state index in [2.05, 4.69) is 4.18 Å². The maximum absolute atomic E-state index is 10.6. The van der Waals surface area contributed by atoms with Crippen molar-refractivity contribution in [3.63, 3.8) is 0 Å². The number of hydrogen-bond acceptors (Lipinski definition) is 7. The van der Waals surface area contributed by atoms with E-state index in [1.807, 2.05) is 0 Å². The Morgan fingerprint density at radius 1 is 1.43 bits per heavy atom. The molecule has 0 heterocycles. The zero-order valence-corrected chi connectivity index (χ0v) is 8.22. The summed E-state index contributed by atoms with van der Waals surface area (Å²) in [6.07, 6.45) is -4.40. The van der Waals surface area contributed by atoms with Gasteiger partial charge in [-0.25, -0.2) is 0 Å². The zero-order chi connectivity index (χ0) is 11.4. The zero-order valence-electron chi connectivity index (χ0n) is 7.40. The maximum atomic E-state index is 10.6. The minimum absolute atomic E-state index is 0.0323. The molecular weight excluding hydrogens is 216 g/mol. The molecule has 0 amide bonds. The first-order valence-electron chi connectivity index (χ1n) is 3.62. The first-order valence-corrected chi connectivity index (χ1v) is 5.44. The van der Waals surface area contributed by atoms with Gasteiger partial charge >= 0.3 is 0 Å². The minimum Gasteiger partial charge on any atom is -0.394 e. The Kier molecular flexibility index (Phi) is 5.16. The van der Waals surface area contributed by atoms with Gasteiger partial charge in [-0.3, -0.25) is 4.18 Å². The summed E-state index contributed by atoms with van der Waals surface area (Å²) in [5.41, 5.74) is 0. The van der Waals surface area contributed by atoms with Gasteiger partial charge < -0.3 is 20.1 Å². The summed E-state index contributed by atoms with van der Waals surface area (Å²) in [4.78, 5) is 10.3. The fourth-order valence-electron chi connectivity index (χ4n) is 0.689. The van der Waals surface area contributed by atoms with Gasteiger partial charge in [0.15, 0.2) is 12.4 Å². The number of aliphatic hydroxyl groups excluding tert-OH is 3. The van der Waals surface area contributed by atoms with Crippen molar-refractivity contribution < 1.29 is 32.7 Å². The molecule has 0 aromatic heterocycles. The molecule has 0 aliphatic heterocycles. The summed E-state index contributed by atoms with van der Waals surface area (Å²) >= 11 is 0. The van der Waals surface area contributed by atoms with Crippen molar-refractivity contribution in [3.05, 3.63) is 0 Å². The summed E-state index contributed by atoms with van der Waals surface area (Å²) < 4.78 is 25.3. The van der Waals surface area contributed by atoms with Crippen molar-refractivity contribution in [2.75, 3.05) is 12.9 Å². The van der Waals surface area contributed by atoms with Crippen LogP contribution in [0.5, 0.6) is 0 Å². The molecule has 3 atom stereocenters. The molecule has 0 aliphatic carbocycles. The van der Waals surface area contributed by atoms with Crippen LogP contribution in [0.4, 0.5) is 0 Å². The average molecular weight is 228 g/mol. The van der Waals surface area contributed by atoms with Crippen LogP contribution in [0.15, 0.2) is 0 Å². The molecule has 0 saturated carbocycles. The first-order chi connectivity index (χ1) is 6.31. The Bertz CT molecular complexity index is 272. The Morgan fingerprint density at radius 3 is 2.21 bits per heavy atom. The maximum Gasteiger partial charge on any atom is 0.265 e. The van der Waals surface area contributed by atoms with Crippen molar-refractivity contribution in [2.45, 2.75) is 18.3 Å². The Labute approximate surface area is 81.1 Å². The molecule has 0 bridgehead atoms. The second kappa shape index (κ2) is 5.37. The van der Waals surface area contributed by atoms with Gasteiger partial charge in [0.1, 0.15) is 12.2 Å². The number of carbonyl (C=O) groups excluding carboxylic acids is 1. The van der Waals surface area contributed by atoms with E-state index in [1.165, 1.54) is 0 Å². The van der Waals surface area contributed by atoms with Crippen LogP contribution in [-0.2, 0) is 19.1 Å². The van der Waals surface area contributed by atoms with Crippen molar-refractivity contribution in [1.82, 2.24) is 0 Å². The van der Waals surface area contributed by atoms with Crippen LogP contribution >= 0.6 is 0 Å². The molecule has 0 rings (SSSR count). The SMILES string of the molecule is CS(=O)(=O)O[C@@H](C=O)[C@@H](O)[C@H](O)CO. The molecule has 0 saturated heterocycles. The van der Waals surface area contributed by atoms with Crippen LogP contribution in [0.25, 0.3) is 0 Å². The molecule has 0 unspecified atom stereocenters. The molecule has 0 fully saturated rings. The molecular formula is C6H12O7S. The van der Waals surface area contributed by atoms with Gasteiger partial charge in [0.2, 0.25) is 0 Å². The number of aldehydes is 1. The summed E-state index contributed by atoms with van der Waals surface area (Å²) in [5, 5.41) is 26.4. The van der Waals surface area contributed by atoms with Gasteiger partial charge in [-0.1, -0.05) is 0 Å². The highest BCUT2D eigenvalue weighted by Gasteiger charge is 2.29. The predicted octanol–water partition coefficient (Wildman–Crippen LogP) is -2.76. The standard InChI is InChI=1S/C6H12O7S/c1-14(11,12)13-5(3-8)6(10)4(9)2-7/h3-7,9-10H,2H2,1H3/t4-,5+,6+/m1/s1. The van der Waals surface area contributed by atoms with E-state index < -0.39 is 35.0 Å². The van der Waals surface area contributed by atoms with Crippen molar-refractivity contribution in [3.8, 4) is 0 Å². The fourth-order valence-corrected chi connectivity index (χ4v) is 1.25. The molecule has 7 nitrogen and oxygen atoms in total. The lowest BCUT2D eigenvalue weighted by molar-refractivity contribution is -0.124. The molecule has 0 aromatic rings. The molecule has 8 heteroatoms. The largest absolute Gasteiger partial charge is 0.394 e. The van der Waals surface area contributed by atoms with Crippen LogP contribution < -0.4 is 0 Å². The third-order valence-corrected chi connectivity index (χ3v) is 1.91. The average Bonchev–Trinajstić information content (AvgIpc) is 2.10. The summed E-state index contributed by atoms with van der Waals surface area (Å²) in [7, 11) is -3.91. The number of hydrogen-bond donors (Lipinski definition) is 3. The minimum atomic E-state index is -3.91. The van der Waals surface area contributed by atoms with Crippen LogP contribution in [0.1, 0.15) is 0 Å². The third kappa shape index (κ3) is 4.63. The Balaban J connectivity index is 4.49. The lowest BCUT2D eigenvalue weighted by Crippen LogP contribution is -2.42. The highest BCUT2D eigenvalue weighted by molar-refractivity contribution is 7.86. The quantitative estimate of drug-likeness (QED) is 0.332. The van der Waals surface area contributed by atoms with E-state index in [0.29, 0.717) is 6.26 Å². The third-order valence-electron chi connectivity index (χ3n) is 1.34. The molecule has 0 spiro atoms. The van der Waals surface area contributed by atoms with E-state index in [0.717, 1.165) is 0 Å². The Hall–Kier alpha value is -0.540. The predicted molar refractivity (Wildman–Crippen MR) is 44.9 cm³/mol. The number of carbonyl (C=O) groups is 1. The van der Waals surface area contributed by atoms with Gasteiger partial charge in [0.25, 0.3) is 10.1 Å². The van der Waals surface area contributed by atoms with Crippen molar-refractivity contribution >= 4 is 16.4 Å². The second-order valence-electron chi connectivity index (χ2n) is 2.64. The van der Waals surface area contributed by atoms with Crippen LogP contribution in [-0.4, -0.2) is 61.2 Å². The Morgan fingerprint density at radius 2 is 1.93 bits per heavy atom. The molecule has 0 radical (unpaired) electrons. The molecule has 84 valence electrons. The van der Waals surface area contributed by atoms with Gasteiger partial charge in [-0.15, -0.1) is 0 Å². The van der Waals surface area contributed by atoms with E-state index in [9.17, 15) is 13.2 Å². The van der Waals surface area contributed by atoms with Gasteiger partial charge in [-0.05, 0) is 0 Å². The summed E-state index contributed by atoms with van der Waals surface area (Å²) in [6, 6.07) is 0. The number of aliphatic hydroxyl groups is 3. The van der Waals surface area contributed by atoms with Crippen molar-refractivity contribution in [1.29, 1.82) is 0 Å². The normalized spacial score (nSPS) is 18.6. The van der Waals surface area contributed by atoms with E-state index in [-0.39, 0.29) is 6.29 Å².